The fraction of sp³-hybridized carbons (Fsp3) is 0. The molecule has 20 heavy (non-hydrogen) atoms. The molecule has 0 fully saturated rings. The van der Waals surface area contributed by atoms with Gasteiger partial charge >= 0.3 is 0 Å². The quantitative estimate of drug-likeness (QED) is 0.703. The summed E-state index contributed by atoms with van der Waals surface area (Å²) in [6, 6.07) is 15.7. The maximum atomic E-state index is 9.10. The molecular weight excluding hydrogens is 246 g/mol. The van der Waals surface area contributed by atoms with Gasteiger partial charge in [0, 0.05) is 24.8 Å². The fourth-order valence-corrected chi connectivity index (χ4v) is 2.17. The molecule has 94 valence electrons. The zero-order chi connectivity index (χ0) is 13.8. The summed E-state index contributed by atoms with van der Waals surface area (Å²) in [7, 11) is 0. The smallest absolute Gasteiger partial charge is 0.0991 e. The van der Waals surface area contributed by atoms with E-state index >= 15 is 0 Å². The lowest BCUT2D eigenvalue weighted by Crippen LogP contribution is -1.88. The zero-order valence-corrected chi connectivity index (χ0v) is 10.7. The van der Waals surface area contributed by atoms with Crippen molar-refractivity contribution in [2.45, 2.75) is 0 Å². The number of hydrogen-bond acceptors (Lipinski definition) is 3. The van der Waals surface area contributed by atoms with E-state index in [1.54, 1.807) is 24.8 Å². The SMILES string of the molecule is N#Cc1ccc(-c2ccncc2)c(-c2ccncc2)c1. The van der Waals surface area contributed by atoms with E-state index < -0.39 is 0 Å². The van der Waals surface area contributed by atoms with Crippen LogP contribution in [0.2, 0.25) is 0 Å². The Bertz CT molecular complexity index is 759. The average molecular weight is 257 g/mol. The van der Waals surface area contributed by atoms with Gasteiger partial charge in [-0.2, -0.15) is 5.26 Å². The zero-order valence-electron chi connectivity index (χ0n) is 10.7. The molecule has 0 spiro atoms. The van der Waals surface area contributed by atoms with Gasteiger partial charge in [-0.25, -0.2) is 0 Å². The lowest BCUT2D eigenvalue weighted by atomic mass is 9.94. The van der Waals surface area contributed by atoms with E-state index in [1.165, 1.54) is 0 Å². The van der Waals surface area contributed by atoms with Crippen LogP contribution in [0.1, 0.15) is 5.56 Å². The Morgan fingerprint density at radius 1 is 0.700 bits per heavy atom. The molecule has 2 aromatic heterocycles. The number of nitrogens with zero attached hydrogens (tertiary/aromatic N) is 3. The van der Waals surface area contributed by atoms with E-state index in [0.717, 1.165) is 22.3 Å². The van der Waals surface area contributed by atoms with Crippen LogP contribution in [-0.2, 0) is 0 Å². The molecular formula is C17H11N3. The standard InChI is InChI=1S/C17H11N3/c18-12-13-1-2-16(14-3-7-19-8-4-14)17(11-13)15-5-9-20-10-6-15/h1-11H. The van der Waals surface area contributed by atoms with E-state index in [4.69, 9.17) is 5.26 Å². The molecule has 0 aliphatic heterocycles. The third kappa shape index (κ3) is 2.27. The molecule has 0 saturated heterocycles. The molecule has 2 heterocycles. The van der Waals surface area contributed by atoms with Crippen molar-refractivity contribution in [1.29, 1.82) is 5.26 Å². The second-order valence-corrected chi connectivity index (χ2v) is 4.34. The highest BCUT2D eigenvalue weighted by atomic mass is 14.6. The van der Waals surface area contributed by atoms with Crippen molar-refractivity contribution in [3.63, 3.8) is 0 Å². The van der Waals surface area contributed by atoms with Crippen LogP contribution in [-0.4, -0.2) is 9.97 Å². The number of rotatable bonds is 2. The molecule has 0 bridgehead atoms. The lowest BCUT2D eigenvalue weighted by Gasteiger charge is -2.10. The molecule has 3 aromatic rings. The molecule has 3 rings (SSSR count). The minimum atomic E-state index is 0.648. The first-order valence-electron chi connectivity index (χ1n) is 6.23. The maximum absolute atomic E-state index is 9.10. The molecule has 0 saturated carbocycles. The van der Waals surface area contributed by atoms with Gasteiger partial charge in [0.1, 0.15) is 0 Å². The molecule has 0 amide bonds. The van der Waals surface area contributed by atoms with Crippen molar-refractivity contribution in [3.8, 4) is 28.3 Å². The molecule has 3 nitrogen and oxygen atoms in total. The molecule has 0 atom stereocenters. The van der Waals surface area contributed by atoms with Gasteiger partial charge in [-0.1, -0.05) is 6.07 Å². The van der Waals surface area contributed by atoms with Crippen molar-refractivity contribution in [2.24, 2.45) is 0 Å². The summed E-state index contributed by atoms with van der Waals surface area (Å²) >= 11 is 0. The molecule has 1 aromatic carbocycles. The van der Waals surface area contributed by atoms with Crippen LogP contribution >= 0.6 is 0 Å². The Hall–Kier alpha value is -2.99. The molecule has 0 N–H and O–H groups in total. The van der Waals surface area contributed by atoms with Crippen LogP contribution in [0.5, 0.6) is 0 Å². The fourth-order valence-electron chi connectivity index (χ4n) is 2.17. The molecule has 0 unspecified atom stereocenters. The van der Waals surface area contributed by atoms with Crippen molar-refractivity contribution < 1.29 is 0 Å². The van der Waals surface area contributed by atoms with Gasteiger partial charge in [0.05, 0.1) is 11.6 Å². The summed E-state index contributed by atoms with van der Waals surface area (Å²) in [5.74, 6) is 0. The lowest BCUT2D eigenvalue weighted by molar-refractivity contribution is 1.32. The molecule has 3 heteroatoms. The second kappa shape index (κ2) is 5.33. The number of nitriles is 1. The Morgan fingerprint density at radius 3 is 1.80 bits per heavy atom. The molecule has 0 aliphatic carbocycles. The largest absolute Gasteiger partial charge is 0.265 e. The van der Waals surface area contributed by atoms with Gasteiger partial charge in [-0.15, -0.1) is 0 Å². The van der Waals surface area contributed by atoms with Gasteiger partial charge in [0.25, 0.3) is 0 Å². The van der Waals surface area contributed by atoms with E-state index in [1.807, 2.05) is 42.5 Å². The molecule has 0 radical (unpaired) electrons. The van der Waals surface area contributed by atoms with Crippen molar-refractivity contribution in [3.05, 3.63) is 72.8 Å². The van der Waals surface area contributed by atoms with Gasteiger partial charge in [-0.05, 0) is 58.7 Å². The predicted octanol–water partition coefficient (Wildman–Crippen LogP) is 3.68. The monoisotopic (exact) mass is 257 g/mol. The van der Waals surface area contributed by atoms with Gasteiger partial charge < -0.3 is 0 Å². The minimum Gasteiger partial charge on any atom is -0.265 e. The van der Waals surface area contributed by atoms with Gasteiger partial charge in [0.15, 0.2) is 0 Å². The number of aromatic nitrogens is 2. The van der Waals surface area contributed by atoms with Crippen LogP contribution < -0.4 is 0 Å². The second-order valence-electron chi connectivity index (χ2n) is 4.34. The van der Waals surface area contributed by atoms with Crippen LogP contribution in [0.4, 0.5) is 0 Å². The number of pyridine rings is 2. The van der Waals surface area contributed by atoms with Gasteiger partial charge in [0.2, 0.25) is 0 Å². The maximum Gasteiger partial charge on any atom is 0.0991 e. The summed E-state index contributed by atoms with van der Waals surface area (Å²) in [5, 5.41) is 9.10. The third-order valence-corrected chi connectivity index (χ3v) is 3.13. The molecule has 0 aliphatic rings. The first kappa shape index (κ1) is 12.1. The summed E-state index contributed by atoms with van der Waals surface area (Å²) in [6.07, 6.45) is 7.04. The Kier molecular flexibility index (Phi) is 3.22. The Balaban J connectivity index is 2.23. The van der Waals surface area contributed by atoms with Crippen LogP contribution in [0, 0.1) is 11.3 Å². The van der Waals surface area contributed by atoms with E-state index in [-0.39, 0.29) is 0 Å². The minimum absolute atomic E-state index is 0.648. The van der Waals surface area contributed by atoms with E-state index in [2.05, 4.69) is 16.0 Å². The van der Waals surface area contributed by atoms with E-state index in [0.29, 0.717) is 5.56 Å². The summed E-state index contributed by atoms with van der Waals surface area (Å²) in [5.41, 5.74) is 4.88. The van der Waals surface area contributed by atoms with Crippen molar-refractivity contribution in [2.75, 3.05) is 0 Å². The summed E-state index contributed by atoms with van der Waals surface area (Å²) < 4.78 is 0. The van der Waals surface area contributed by atoms with Crippen LogP contribution in [0.25, 0.3) is 22.3 Å². The topological polar surface area (TPSA) is 49.6 Å². The van der Waals surface area contributed by atoms with Crippen LogP contribution in [0.3, 0.4) is 0 Å². The highest BCUT2D eigenvalue weighted by molar-refractivity contribution is 5.84. The van der Waals surface area contributed by atoms with E-state index in [9.17, 15) is 0 Å². The Labute approximate surface area is 117 Å². The van der Waals surface area contributed by atoms with Crippen molar-refractivity contribution in [1.82, 2.24) is 9.97 Å². The first-order valence-corrected chi connectivity index (χ1v) is 6.23. The predicted molar refractivity (Wildman–Crippen MR) is 77.6 cm³/mol. The van der Waals surface area contributed by atoms with Gasteiger partial charge in [-0.3, -0.25) is 9.97 Å². The highest BCUT2D eigenvalue weighted by Gasteiger charge is 2.08. The number of hydrogen-bond donors (Lipinski definition) is 0. The highest BCUT2D eigenvalue weighted by Crippen LogP contribution is 2.32. The first-order chi connectivity index (χ1) is 9.88. The average Bonchev–Trinajstić information content (AvgIpc) is 2.56. The third-order valence-electron chi connectivity index (χ3n) is 3.13. The summed E-state index contributed by atoms with van der Waals surface area (Å²) in [4.78, 5) is 8.09. The normalized spacial score (nSPS) is 9.95. The van der Waals surface area contributed by atoms with Crippen LogP contribution in [0.15, 0.2) is 67.3 Å². The van der Waals surface area contributed by atoms with Crippen molar-refractivity contribution >= 4 is 0 Å². The number of benzene rings is 1. The summed E-state index contributed by atoms with van der Waals surface area (Å²) in [6.45, 7) is 0. The Morgan fingerprint density at radius 2 is 1.25 bits per heavy atom.